The second-order valence-electron chi connectivity index (χ2n) is 6.29. The summed E-state index contributed by atoms with van der Waals surface area (Å²) in [6.07, 6.45) is -0.995. The van der Waals surface area contributed by atoms with Crippen molar-refractivity contribution in [1.82, 2.24) is 15.0 Å². The van der Waals surface area contributed by atoms with E-state index in [1.165, 1.54) is 26.2 Å². The van der Waals surface area contributed by atoms with Crippen LogP contribution in [0.25, 0.3) is 0 Å². The summed E-state index contributed by atoms with van der Waals surface area (Å²) in [4.78, 5) is 36.2. The van der Waals surface area contributed by atoms with Gasteiger partial charge >= 0.3 is 17.9 Å². The van der Waals surface area contributed by atoms with Crippen molar-refractivity contribution >= 4 is 23.8 Å². The van der Waals surface area contributed by atoms with Gasteiger partial charge in [0.2, 0.25) is 11.9 Å². The molecular formula is C19H25N5O5. The molecule has 0 fully saturated rings. The van der Waals surface area contributed by atoms with Crippen molar-refractivity contribution < 1.29 is 23.8 Å². The molecule has 2 rings (SSSR count). The topological polar surface area (TPSA) is 125 Å². The summed E-state index contributed by atoms with van der Waals surface area (Å²) in [5.74, 6) is -0.0785. The van der Waals surface area contributed by atoms with Crippen molar-refractivity contribution in [3.8, 4) is 11.8 Å². The molecule has 0 saturated heterocycles. The normalized spacial score (nSPS) is 11.5. The number of ether oxygens (including phenoxy) is 3. The summed E-state index contributed by atoms with van der Waals surface area (Å²) >= 11 is 0. The summed E-state index contributed by atoms with van der Waals surface area (Å²) in [5, 5.41) is 6.13. The first-order chi connectivity index (χ1) is 13.8. The first-order valence-corrected chi connectivity index (χ1v) is 9.15. The number of hydrogen-bond donors (Lipinski definition) is 2. The number of carbonyl (C=O) groups excluding carboxylic acids is 2. The monoisotopic (exact) mass is 403 g/mol. The number of benzene rings is 1. The molecule has 0 aliphatic rings. The fourth-order valence-corrected chi connectivity index (χ4v) is 2.17. The summed E-state index contributed by atoms with van der Waals surface area (Å²) in [6.45, 7) is 7.95. The zero-order valence-electron chi connectivity index (χ0n) is 17.1. The van der Waals surface area contributed by atoms with E-state index in [0.717, 1.165) is 0 Å². The minimum Gasteiger partial charge on any atom is -0.466 e. The lowest BCUT2D eigenvalue weighted by molar-refractivity contribution is -0.149. The van der Waals surface area contributed by atoms with Crippen molar-refractivity contribution in [2.24, 2.45) is 0 Å². The van der Waals surface area contributed by atoms with Gasteiger partial charge in [0.15, 0.2) is 6.10 Å². The molecular weight excluding hydrogens is 378 g/mol. The molecule has 0 bridgehead atoms. The van der Waals surface area contributed by atoms with Gasteiger partial charge in [0, 0.05) is 12.6 Å². The molecule has 0 unspecified atom stereocenters. The molecule has 0 aliphatic carbocycles. The van der Waals surface area contributed by atoms with Crippen LogP contribution in [0.5, 0.6) is 11.8 Å². The van der Waals surface area contributed by atoms with Gasteiger partial charge in [0.05, 0.1) is 12.7 Å². The third-order valence-electron chi connectivity index (χ3n) is 3.48. The molecule has 1 heterocycles. The summed E-state index contributed by atoms with van der Waals surface area (Å²) in [6, 6.07) is 6.42. The highest BCUT2D eigenvalue weighted by atomic mass is 16.6. The standard InChI is InChI=1S/C19H25N5O5/c1-6-20-17-22-18(21-11(2)3)24-19(23-17)29-14-9-7-13(8-10-14)16(26)28-12(4)15(25)27-5/h7-12H,6H2,1-5H3,(H2,20,21,22,23,24)/t12-/m0/s1. The van der Waals surface area contributed by atoms with Gasteiger partial charge in [0.25, 0.3) is 0 Å². The summed E-state index contributed by atoms with van der Waals surface area (Å²) in [7, 11) is 1.23. The van der Waals surface area contributed by atoms with Gasteiger partial charge in [-0.05, 0) is 52.0 Å². The van der Waals surface area contributed by atoms with E-state index in [1.54, 1.807) is 12.1 Å². The van der Waals surface area contributed by atoms with Crippen LogP contribution >= 0.6 is 0 Å². The van der Waals surface area contributed by atoms with Crippen LogP contribution in [0, 0.1) is 0 Å². The summed E-state index contributed by atoms with van der Waals surface area (Å²) < 4.78 is 15.3. The van der Waals surface area contributed by atoms with Crippen molar-refractivity contribution in [2.45, 2.75) is 39.8 Å². The van der Waals surface area contributed by atoms with Crippen molar-refractivity contribution in [1.29, 1.82) is 0 Å². The van der Waals surface area contributed by atoms with E-state index in [-0.39, 0.29) is 17.6 Å². The highest BCUT2D eigenvalue weighted by molar-refractivity contribution is 5.91. The van der Waals surface area contributed by atoms with E-state index >= 15 is 0 Å². The Balaban J connectivity index is 2.11. The van der Waals surface area contributed by atoms with Crippen LogP contribution in [-0.2, 0) is 14.3 Å². The highest BCUT2D eigenvalue weighted by Crippen LogP contribution is 2.21. The maximum absolute atomic E-state index is 12.1. The number of carbonyl (C=O) groups is 2. The molecule has 1 aromatic carbocycles. The van der Waals surface area contributed by atoms with E-state index in [0.29, 0.717) is 24.2 Å². The fraction of sp³-hybridized carbons (Fsp3) is 0.421. The second kappa shape index (κ2) is 10.2. The Bertz CT molecular complexity index is 841. The van der Waals surface area contributed by atoms with Crippen LogP contribution < -0.4 is 15.4 Å². The Morgan fingerprint density at radius 1 is 1.03 bits per heavy atom. The predicted molar refractivity (Wildman–Crippen MR) is 106 cm³/mol. The Labute approximate surface area is 169 Å². The van der Waals surface area contributed by atoms with Gasteiger partial charge in [-0.15, -0.1) is 0 Å². The fourth-order valence-electron chi connectivity index (χ4n) is 2.17. The van der Waals surface area contributed by atoms with Crippen molar-refractivity contribution in [3.05, 3.63) is 29.8 Å². The SMILES string of the molecule is CCNc1nc(NC(C)C)nc(Oc2ccc(C(=O)O[C@@H](C)C(=O)OC)cc2)n1. The van der Waals surface area contributed by atoms with E-state index in [2.05, 4.69) is 30.3 Å². The molecule has 0 amide bonds. The molecule has 156 valence electrons. The van der Waals surface area contributed by atoms with Gasteiger partial charge in [-0.25, -0.2) is 9.59 Å². The highest BCUT2D eigenvalue weighted by Gasteiger charge is 2.19. The van der Waals surface area contributed by atoms with E-state index in [4.69, 9.17) is 9.47 Å². The van der Waals surface area contributed by atoms with Crippen molar-refractivity contribution in [3.63, 3.8) is 0 Å². The number of aromatic nitrogens is 3. The molecule has 0 radical (unpaired) electrons. The molecule has 0 aliphatic heterocycles. The molecule has 1 aromatic heterocycles. The van der Waals surface area contributed by atoms with Gasteiger partial charge in [0.1, 0.15) is 5.75 Å². The number of nitrogens with zero attached hydrogens (tertiary/aromatic N) is 3. The largest absolute Gasteiger partial charge is 0.466 e. The van der Waals surface area contributed by atoms with Crippen LogP contribution in [0.3, 0.4) is 0 Å². The van der Waals surface area contributed by atoms with Crippen LogP contribution in [0.2, 0.25) is 0 Å². The number of hydrogen-bond acceptors (Lipinski definition) is 10. The lowest BCUT2D eigenvalue weighted by atomic mass is 10.2. The predicted octanol–water partition coefficient (Wildman–Crippen LogP) is 2.63. The number of anilines is 2. The third-order valence-corrected chi connectivity index (χ3v) is 3.48. The Hall–Kier alpha value is -3.43. The lowest BCUT2D eigenvalue weighted by Gasteiger charge is -2.12. The summed E-state index contributed by atoms with van der Waals surface area (Å²) in [5.41, 5.74) is 0.263. The smallest absolute Gasteiger partial charge is 0.346 e. The number of methoxy groups -OCH3 is 1. The lowest BCUT2D eigenvalue weighted by Crippen LogP contribution is -2.25. The molecule has 10 nitrogen and oxygen atoms in total. The molecule has 0 saturated carbocycles. The average molecular weight is 403 g/mol. The van der Waals surface area contributed by atoms with Crippen LogP contribution in [0.4, 0.5) is 11.9 Å². The Morgan fingerprint density at radius 3 is 2.28 bits per heavy atom. The molecule has 2 aromatic rings. The van der Waals surface area contributed by atoms with E-state index < -0.39 is 18.0 Å². The molecule has 2 N–H and O–H groups in total. The molecule has 10 heteroatoms. The third kappa shape index (κ3) is 6.59. The Morgan fingerprint density at radius 2 is 1.69 bits per heavy atom. The number of nitrogens with one attached hydrogen (secondary N) is 2. The van der Waals surface area contributed by atoms with E-state index in [1.807, 2.05) is 20.8 Å². The first kappa shape index (κ1) is 21.9. The maximum Gasteiger partial charge on any atom is 0.346 e. The Kier molecular flexibility index (Phi) is 7.70. The average Bonchev–Trinajstić information content (AvgIpc) is 2.67. The quantitative estimate of drug-likeness (QED) is 0.604. The number of esters is 2. The molecule has 0 spiro atoms. The number of rotatable bonds is 9. The minimum absolute atomic E-state index is 0.105. The molecule has 1 atom stereocenters. The zero-order chi connectivity index (χ0) is 21.4. The maximum atomic E-state index is 12.1. The van der Waals surface area contributed by atoms with Crippen molar-refractivity contribution in [2.75, 3.05) is 24.3 Å². The van der Waals surface area contributed by atoms with Gasteiger partial charge in [-0.3, -0.25) is 0 Å². The minimum atomic E-state index is -0.995. The van der Waals surface area contributed by atoms with Gasteiger partial charge in [-0.2, -0.15) is 15.0 Å². The van der Waals surface area contributed by atoms with Gasteiger partial charge < -0.3 is 24.8 Å². The van der Waals surface area contributed by atoms with Crippen LogP contribution in [-0.4, -0.2) is 52.7 Å². The second-order valence-corrected chi connectivity index (χ2v) is 6.29. The van der Waals surface area contributed by atoms with Gasteiger partial charge in [-0.1, -0.05) is 0 Å². The zero-order valence-corrected chi connectivity index (χ0v) is 17.1. The first-order valence-electron chi connectivity index (χ1n) is 9.15. The molecule has 29 heavy (non-hydrogen) atoms. The van der Waals surface area contributed by atoms with Crippen LogP contribution in [0.1, 0.15) is 38.1 Å². The van der Waals surface area contributed by atoms with Crippen LogP contribution in [0.15, 0.2) is 24.3 Å². The van der Waals surface area contributed by atoms with E-state index in [9.17, 15) is 9.59 Å².